The quantitative estimate of drug-likeness (QED) is 0.741. The van der Waals surface area contributed by atoms with E-state index in [0.29, 0.717) is 6.04 Å². The molecule has 0 aliphatic rings. The van der Waals surface area contributed by atoms with Crippen molar-refractivity contribution in [3.8, 4) is 0 Å². The summed E-state index contributed by atoms with van der Waals surface area (Å²) in [5.74, 6) is 0. The van der Waals surface area contributed by atoms with Crippen molar-refractivity contribution in [2.45, 2.75) is 65.7 Å². The maximum absolute atomic E-state index is 11.8. The smallest absolute Gasteiger partial charge is 0.136 e. The van der Waals surface area contributed by atoms with Gasteiger partial charge in [0.2, 0.25) is 0 Å². The zero-order valence-corrected chi connectivity index (χ0v) is 11.4. The molecule has 0 bridgehead atoms. The molecule has 86 valence electrons. The van der Waals surface area contributed by atoms with Gasteiger partial charge in [0.15, 0.2) is 0 Å². The summed E-state index contributed by atoms with van der Waals surface area (Å²) in [6, 6.07) is 0.301. The van der Waals surface area contributed by atoms with E-state index in [1.165, 1.54) is 0 Å². The fraction of sp³-hybridized carbons (Fsp3) is 1.00. The second kappa shape index (κ2) is 4.86. The van der Waals surface area contributed by atoms with E-state index in [9.17, 15) is 4.55 Å². The van der Waals surface area contributed by atoms with Crippen molar-refractivity contribution in [3.05, 3.63) is 0 Å². The molecule has 2 atom stereocenters. The van der Waals surface area contributed by atoms with Crippen LogP contribution in [-0.4, -0.2) is 15.3 Å². The first-order valence-corrected chi connectivity index (χ1v) is 6.35. The molecule has 0 heterocycles. The van der Waals surface area contributed by atoms with Gasteiger partial charge >= 0.3 is 0 Å². The molecule has 0 aliphatic heterocycles. The molecular formula is C11H25NOS. The van der Waals surface area contributed by atoms with Gasteiger partial charge in [-0.3, -0.25) is 0 Å². The first-order valence-electron chi connectivity index (χ1n) is 5.20. The third-order valence-corrected chi connectivity index (χ3v) is 3.51. The Balaban J connectivity index is 4.01. The Hall–Kier alpha value is 0.270. The number of rotatable bonds is 3. The summed E-state index contributed by atoms with van der Waals surface area (Å²) < 4.78 is 14.7. The average Bonchev–Trinajstić information content (AvgIpc) is 1.79. The predicted molar refractivity (Wildman–Crippen MR) is 64.6 cm³/mol. The van der Waals surface area contributed by atoms with E-state index in [1.807, 2.05) is 20.8 Å². The lowest BCUT2D eigenvalue weighted by molar-refractivity contribution is 0.336. The standard InChI is InChI=1S/C11H25NOS/c1-9(8-10(2,3)4)12-14(13)11(5,6)7/h9,12H,8H2,1-7H3/t9-,14-/m1/s1. The normalized spacial score (nSPS) is 18.0. The SMILES string of the molecule is C[C@H](CC(C)(C)C)N[S@+]([O-])C(C)(C)C. The second-order valence-electron chi connectivity index (χ2n) is 6.16. The van der Waals surface area contributed by atoms with Crippen LogP contribution in [0.25, 0.3) is 0 Å². The number of hydrogen-bond donors (Lipinski definition) is 1. The van der Waals surface area contributed by atoms with E-state index in [-0.39, 0.29) is 10.2 Å². The number of nitrogens with one attached hydrogen (secondary N) is 1. The largest absolute Gasteiger partial charge is 0.598 e. The lowest BCUT2D eigenvalue weighted by atomic mass is 9.89. The highest BCUT2D eigenvalue weighted by Crippen LogP contribution is 2.22. The van der Waals surface area contributed by atoms with Gasteiger partial charge in [0.1, 0.15) is 4.75 Å². The molecule has 0 spiro atoms. The summed E-state index contributed by atoms with van der Waals surface area (Å²) in [6.45, 7) is 14.6. The molecule has 1 N–H and O–H groups in total. The van der Waals surface area contributed by atoms with Gasteiger partial charge in [-0.2, -0.15) is 0 Å². The Kier molecular flexibility index (Phi) is 4.96. The maximum Gasteiger partial charge on any atom is 0.136 e. The summed E-state index contributed by atoms with van der Waals surface area (Å²) in [4.78, 5) is 0. The summed E-state index contributed by atoms with van der Waals surface area (Å²) in [5, 5.41) is 0. The lowest BCUT2D eigenvalue weighted by Crippen LogP contribution is -2.44. The Morgan fingerprint density at radius 3 is 1.86 bits per heavy atom. The topological polar surface area (TPSA) is 35.1 Å². The molecule has 0 radical (unpaired) electrons. The molecule has 3 heteroatoms. The van der Waals surface area contributed by atoms with Crippen LogP contribution in [0.3, 0.4) is 0 Å². The van der Waals surface area contributed by atoms with Crippen molar-refractivity contribution in [2.75, 3.05) is 0 Å². The highest BCUT2D eigenvalue weighted by atomic mass is 32.2. The zero-order valence-electron chi connectivity index (χ0n) is 10.6. The molecule has 0 rings (SSSR count). The Morgan fingerprint density at radius 2 is 1.57 bits per heavy atom. The third kappa shape index (κ3) is 6.68. The van der Waals surface area contributed by atoms with Crippen molar-refractivity contribution >= 4 is 11.4 Å². The first kappa shape index (κ1) is 14.3. The zero-order chi connectivity index (χ0) is 11.6. The van der Waals surface area contributed by atoms with Crippen LogP contribution in [0.2, 0.25) is 0 Å². The van der Waals surface area contributed by atoms with Gasteiger partial charge in [0, 0.05) is 11.4 Å². The molecule has 0 fully saturated rings. The minimum absolute atomic E-state index is 0.174. The van der Waals surface area contributed by atoms with Crippen molar-refractivity contribution in [2.24, 2.45) is 5.41 Å². The van der Waals surface area contributed by atoms with Crippen molar-refractivity contribution in [1.29, 1.82) is 0 Å². The fourth-order valence-electron chi connectivity index (χ4n) is 1.32. The van der Waals surface area contributed by atoms with Gasteiger partial charge in [-0.1, -0.05) is 20.8 Å². The average molecular weight is 219 g/mol. The molecular weight excluding hydrogens is 194 g/mol. The van der Waals surface area contributed by atoms with Crippen LogP contribution in [0.1, 0.15) is 54.9 Å². The van der Waals surface area contributed by atoms with E-state index in [0.717, 1.165) is 6.42 Å². The van der Waals surface area contributed by atoms with E-state index >= 15 is 0 Å². The van der Waals surface area contributed by atoms with Crippen LogP contribution in [0.15, 0.2) is 0 Å². The van der Waals surface area contributed by atoms with Gasteiger partial charge in [0.05, 0.1) is 6.04 Å². The number of hydrogen-bond acceptors (Lipinski definition) is 2. The third-order valence-electron chi connectivity index (χ3n) is 1.78. The molecule has 0 aliphatic carbocycles. The summed E-state index contributed by atoms with van der Waals surface area (Å²) >= 11 is -0.952. The van der Waals surface area contributed by atoms with Crippen LogP contribution >= 0.6 is 0 Å². The fourth-order valence-corrected chi connectivity index (χ4v) is 2.12. The summed E-state index contributed by atoms with van der Waals surface area (Å²) in [5.41, 5.74) is 0.286. The lowest BCUT2D eigenvalue weighted by Gasteiger charge is -2.29. The predicted octanol–water partition coefficient (Wildman–Crippen LogP) is 2.86. The first-order chi connectivity index (χ1) is 6.02. The van der Waals surface area contributed by atoms with Gasteiger partial charge in [-0.25, -0.2) is 0 Å². The highest BCUT2D eigenvalue weighted by Gasteiger charge is 2.29. The highest BCUT2D eigenvalue weighted by molar-refractivity contribution is 7.90. The van der Waals surface area contributed by atoms with Gasteiger partial charge < -0.3 is 4.55 Å². The summed E-state index contributed by atoms with van der Waals surface area (Å²) in [7, 11) is 0. The van der Waals surface area contributed by atoms with E-state index in [1.54, 1.807) is 0 Å². The molecule has 0 aromatic carbocycles. The van der Waals surface area contributed by atoms with Crippen molar-refractivity contribution in [1.82, 2.24) is 4.72 Å². The molecule has 2 nitrogen and oxygen atoms in total. The minimum Gasteiger partial charge on any atom is -0.598 e. The van der Waals surface area contributed by atoms with E-state index in [2.05, 4.69) is 32.4 Å². The Labute approximate surface area is 92.2 Å². The minimum atomic E-state index is -0.952. The van der Waals surface area contributed by atoms with Gasteiger partial charge in [-0.05, 0) is 39.5 Å². The van der Waals surface area contributed by atoms with E-state index in [4.69, 9.17) is 0 Å². The van der Waals surface area contributed by atoms with E-state index < -0.39 is 11.4 Å². The molecule has 0 saturated carbocycles. The van der Waals surface area contributed by atoms with Gasteiger partial charge in [0.25, 0.3) is 0 Å². The van der Waals surface area contributed by atoms with Crippen molar-refractivity contribution < 1.29 is 4.55 Å². The van der Waals surface area contributed by atoms with Gasteiger partial charge in [-0.15, -0.1) is 4.72 Å². The Morgan fingerprint density at radius 1 is 1.14 bits per heavy atom. The van der Waals surface area contributed by atoms with Crippen molar-refractivity contribution in [3.63, 3.8) is 0 Å². The molecule has 14 heavy (non-hydrogen) atoms. The molecule has 0 aromatic heterocycles. The van der Waals surface area contributed by atoms with Crippen LogP contribution in [0, 0.1) is 5.41 Å². The van der Waals surface area contributed by atoms with Crippen LogP contribution in [0.4, 0.5) is 0 Å². The molecule has 0 saturated heterocycles. The second-order valence-corrected chi connectivity index (χ2v) is 8.16. The molecule has 0 amide bonds. The van der Waals surface area contributed by atoms with Crippen LogP contribution in [0.5, 0.6) is 0 Å². The van der Waals surface area contributed by atoms with Crippen LogP contribution in [-0.2, 0) is 11.4 Å². The van der Waals surface area contributed by atoms with Crippen LogP contribution < -0.4 is 4.72 Å². The summed E-state index contributed by atoms with van der Waals surface area (Å²) in [6.07, 6.45) is 1.04. The monoisotopic (exact) mass is 219 g/mol. The maximum atomic E-state index is 11.8. The molecule has 0 aromatic rings. The molecule has 0 unspecified atom stereocenters. The Bertz CT molecular complexity index is 169.